The van der Waals surface area contributed by atoms with Crippen LogP contribution < -0.4 is 16.8 Å². The van der Waals surface area contributed by atoms with Gasteiger partial charge in [0.15, 0.2) is 0 Å². The molecule has 0 spiro atoms. The third-order valence-corrected chi connectivity index (χ3v) is 3.65. The molecule has 0 aliphatic carbocycles. The Kier molecular flexibility index (Phi) is 4.72. The fourth-order valence-corrected chi connectivity index (χ4v) is 2.43. The van der Waals surface area contributed by atoms with E-state index in [1.54, 1.807) is 6.07 Å². The largest absolute Gasteiger partial charge is 0.365 e. The Labute approximate surface area is 150 Å². The fraction of sp³-hybridized carbons (Fsp3) is 0. The van der Waals surface area contributed by atoms with Gasteiger partial charge in [0, 0.05) is 16.8 Å². The lowest BCUT2D eigenvalue weighted by atomic mass is 10.1. The van der Waals surface area contributed by atoms with Crippen molar-refractivity contribution >= 4 is 17.8 Å². The third kappa shape index (κ3) is 3.91. The molecule has 3 rings (SSSR count). The van der Waals surface area contributed by atoms with E-state index in [1.807, 2.05) is 54.6 Å². The van der Waals surface area contributed by atoms with Gasteiger partial charge in [0.1, 0.15) is 5.82 Å². The normalized spacial score (nSPS) is 9.85. The molecule has 6 nitrogen and oxygen atoms in total. The molecule has 0 aliphatic heterocycles. The number of hydrogen-bond donors (Lipinski definition) is 4. The molecular formula is C20H16N4O2. The Morgan fingerprint density at radius 2 is 1.50 bits per heavy atom. The van der Waals surface area contributed by atoms with Crippen molar-refractivity contribution in [2.24, 2.45) is 11.5 Å². The Morgan fingerprint density at radius 1 is 0.885 bits per heavy atom. The van der Waals surface area contributed by atoms with Gasteiger partial charge in [0.2, 0.25) is 0 Å². The van der Waals surface area contributed by atoms with Crippen LogP contribution in [0, 0.1) is 11.8 Å². The molecule has 1 heterocycles. The van der Waals surface area contributed by atoms with Crippen LogP contribution in [0.15, 0.2) is 60.7 Å². The first kappa shape index (κ1) is 16.9. The van der Waals surface area contributed by atoms with Gasteiger partial charge in [-0.2, -0.15) is 0 Å². The molecule has 3 aromatic rings. The van der Waals surface area contributed by atoms with Crippen molar-refractivity contribution in [3.05, 3.63) is 77.4 Å². The van der Waals surface area contributed by atoms with Crippen LogP contribution in [-0.2, 0) is 0 Å². The Balaban J connectivity index is 1.86. The van der Waals surface area contributed by atoms with E-state index >= 15 is 0 Å². The zero-order valence-electron chi connectivity index (χ0n) is 13.7. The number of anilines is 1. The van der Waals surface area contributed by atoms with Crippen LogP contribution in [0.5, 0.6) is 0 Å². The van der Waals surface area contributed by atoms with E-state index in [2.05, 4.69) is 22.1 Å². The lowest BCUT2D eigenvalue weighted by molar-refractivity contribution is 0.100. The van der Waals surface area contributed by atoms with Crippen molar-refractivity contribution in [2.45, 2.75) is 0 Å². The second kappa shape index (κ2) is 7.28. The van der Waals surface area contributed by atoms with E-state index < -0.39 is 11.9 Å². The summed E-state index contributed by atoms with van der Waals surface area (Å²) in [5.41, 5.74) is 13.8. The summed E-state index contributed by atoms with van der Waals surface area (Å²) in [6, 6.07) is 18.0. The minimum atomic E-state index is -0.785. The van der Waals surface area contributed by atoms with E-state index in [1.165, 1.54) is 0 Å². The van der Waals surface area contributed by atoms with Gasteiger partial charge in [-0.25, -0.2) is 4.79 Å². The van der Waals surface area contributed by atoms with E-state index in [-0.39, 0.29) is 11.4 Å². The van der Waals surface area contributed by atoms with Gasteiger partial charge in [0.25, 0.3) is 5.91 Å². The Hall–Kier alpha value is -3.98. The summed E-state index contributed by atoms with van der Waals surface area (Å²) in [5.74, 6) is 5.69. The van der Waals surface area contributed by atoms with Crippen molar-refractivity contribution in [3.8, 4) is 23.1 Å². The number of rotatable bonds is 3. The molecule has 0 aliphatic rings. The van der Waals surface area contributed by atoms with Crippen LogP contribution in [0.4, 0.5) is 10.6 Å². The summed E-state index contributed by atoms with van der Waals surface area (Å²) in [6.07, 6.45) is 0. The molecule has 128 valence electrons. The van der Waals surface area contributed by atoms with Crippen LogP contribution in [0.2, 0.25) is 0 Å². The van der Waals surface area contributed by atoms with Gasteiger partial charge in [-0.3, -0.25) is 10.1 Å². The first-order chi connectivity index (χ1) is 12.5. The van der Waals surface area contributed by atoms with Gasteiger partial charge in [-0.1, -0.05) is 42.2 Å². The van der Waals surface area contributed by atoms with Crippen molar-refractivity contribution in [1.82, 2.24) is 4.98 Å². The lowest BCUT2D eigenvalue weighted by Gasteiger charge is -2.01. The van der Waals surface area contributed by atoms with Crippen molar-refractivity contribution in [1.29, 1.82) is 0 Å². The minimum absolute atomic E-state index is 0.159. The molecule has 0 bridgehead atoms. The number of primary amides is 2. The SMILES string of the molecule is NC(=O)Nc1[nH]c(-c2ccc(C#Cc3ccccc3)cc2)cc1C(N)=O. The number of hydrogen-bond acceptors (Lipinski definition) is 2. The number of aromatic nitrogens is 1. The maximum atomic E-state index is 11.5. The van der Waals surface area contributed by atoms with Crippen LogP contribution in [0.25, 0.3) is 11.3 Å². The quantitative estimate of drug-likeness (QED) is 0.547. The molecule has 0 radical (unpaired) electrons. The number of carbonyl (C=O) groups excluding carboxylic acids is 2. The van der Waals surface area contributed by atoms with Gasteiger partial charge in [0.05, 0.1) is 5.56 Å². The van der Waals surface area contributed by atoms with Crippen LogP contribution in [-0.4, -0.2) is 16.9 Å². The second-order valence-electron chi connectivity index (χ2n) is 5.52. The van der Waals surface area contributed by atoms with Crippen molar-refractivity contribution in [3.63, 3.8) is 0 Å². The summed E-state index contributed by atoms with van der Waals surface area (Å²) in [4.78, 5) is 25.5. The fourth-order valence-electron chi connectivity index (χ4n) is 2.43. The topological polar surface area (TPSA) is 114 Å². The molecule has 26 heavy (non-hydrogen) atoms. The number of urea groups is 1. The van der Waals surface area contributed by atoms with Crippen molar-refractivity contribution < 1.29 is 9.59 Å². The Bertz CT molecular complexity index is 1010. The zero-order chi connectivity index (χ0) is 18.5. The summed E-state index contributed by atoms with van der Waals surface area (Å²) in [7, 11) is 0. The second-order valence-corrected chi connectivity index (χ2v) is 5.52. The predicted octanol–water partition coefficient (Wildman–Crippen LogP) is 2.67. The van der Waals surface area contributed by atoms with Crippen LogP contribution >= 0.6 is 0 Å². The first-order valence-corrected chi connectivity index (χ1v) is 7.79. The van der Waals surface area contributed by atoms with E-state index in [9.17, 15) is 9.59 Å². The van der Waals surface area contributed by atoms with E-state index in [4.69, 9.17) is 11.5 Å². The molecule has 0 fully saturated rings. The maximum Gasteiger partial charge on any atom is 0.317 e. The van der Waals surface area contributed by atoms with E-state index in [0.717, 1.165) is 16.7 Å². The number of amides is 3. The number of aromatic amines is 1. The molecule has 2 aromatic carbocycles. The molecule has 0 atom stereocenters. The van der Waals surface area contributed by atoms with Crippen LogP contribution in [0.3, 0.4) is 0 Å². The molecular weight excluding hydrogens is 328 g/mol. The lowest BCUT2D eigenvalue weighted by Crippen LogP contribution is -2.22. The highest BCUT2D eigenvalue weighted by Crippen LogP contribution is 2.25. The molecule has 0 saturated carbocycles. The number of H-pyrrole nitrogens is 1. The summed E-state index contributed by atoms with van der Waals surface area (Å²) >= 11 is 0. The third-order valence-electron chi connectivity index (χ3n) is 3.65. The molecule has 3 amide bonds. The van der Waals surface area contributed by atoms with Crippen molar-refractivity contribution in [2.75, 3.05) is 5.32 Å². The molecule has 1 aromatic heterocycles. The number of nitrogens with two attached hydrogens (primary N) is 2. The van der Waals surface area contributed by atoms with Gasteiger partial charge in [-0.05, 0) is 35.9 Å². The highest BCUT2D eigenvalue weighted by Gasteiger charge is 2.15. The minimum Gasteiger partial charge on any atom is -0.365 e. The monoisotopic (exact) mass is 344 g/mol. The Morgan fingerprint density at radius 3 is 2.08 bits per heavy atom. The molecule has 0 unspecified atom stereocenters. The van der Waals surface area contributed by atoms with Gasteiger partial charge < -0.3 is 16.5 Å². The summed E-state index contributed by atoms with van der Waals surface area (Å²) in [5, 5.41) is 2.35. The maximum absolute atomic E-state index is 11.5. The van der Waals surface area contributed by atoms with Gasteiger partial charge >= 0.3 is 6.03 Å². The molecule has 6 N–H and O–H groups in total. The molecule has 0 saturated heterocycles. The van der Waals surface area contributed by atoms with E-state index in [0.29, 0.717) is 5.69 Å². The standard InChI is InChI=1S/C20H16N4O2/c21-18(25)16-12-17(23-19(16)24-20(22)26)15-10-8-14(9-11-15)7-6-13-4-2-1-3-5-13/h1-5,8-12,23H,(H2,21,25)(H3,22,24,26). The first-order valence-electron chi connectivity index (χ1n) is 7.79. The average molecular weight is 344 g/mol. The highest BCUT2D eigenvalue weighted by molar-refractivity contribution is 6.03. The number of nitrogens with one attached hydrogen (secondary N) is 2. The number of benzene rings is 2. The van der Waals surface area contributed by atoms with Gasteiger partial charge in [-0.15, -0.1) is 0 Å². The molecule has 6 heteroatoms. The smallest absolute Gasteiger partial charge is 0.317 e. The highest BCUT2D eigenvalue weighted by atomic mass is 16.2. The average Bonchev–Trinajstić information content (AvgIpc) is 3.04. The summed E-state index contributed by atoms with van der Waals surface area (Å²) < 4.78 is 0. The predicted molar refractivity (Wildman–Crippen MR) is 100 cm³/mol. The number of carbonyl (C=O) groups is 2. The summed E-state index contributed by atoms with van der Waals surface area (Å²) in [6.45, 7) is 0. The zero-order valence-corrected chi connectivity index (χ0v) is 13.7. The van der Waals surface area contributed by atoms with Crippen LogP contribution in [0.1, 0.15) is 21.5 Å².